The molecule has 0 aliphatic heterocycles. The van der Waals surface area contributed by atoms with E-state index in [1.165, 1.54) is 41.5 Å². The molecule has 0 spiro atoms. The molecule has 2 nitrogen and oxygen atoms in total. The number of thiophene rings is 1. The summed E-state index contributed by atoms with van der Waals surface area (Å²) in [7, 11) is 0. The fraction of sp³-hybridized carbons (Fsp3) is 0.750. The van der Waals surface area contributed by atoms with Gasteiger partial charge in [0, 0.05) is 28.4 Å². The molecule has 0 aromatic carbocycles. The average Bonchev–Trinajstić information content (AvgIpc) is 3.05. The first-order valence-electron chi connectivity index (χ1n) is 7.81. The summed E-state index contributed by atoms with van der Waals surface area (Å²) >= 11 is 5.51. The van der Waals surface area contributed by atoms with Gasteiger partial charge in [-0.2, -0.15) is 0 Å². The van der Waals surface area contributed by atoms with Crippen LogP contribution in [0.2, 0.25) is 0 Å². The van der Waals surface area contributed by atoms with Gasteiger partial charge in [0.2, 0.25) is 0 Å². The quantitative estimate of drug-likeness (QED) is 0.721. The lowest BCUT2D eigenvalue weighted by Crippen LogP contribution is -2.52. The van der Waals surface area contributed by atoms with E-state index in [2.05, 4.69) is 46.5 Å². The van der Waals surface area contributed by atoms with E-state index in [0.29, 0.717) is 6.04 Å². The van der Waals surface area contributed by atoms with Crippen molar-refractivity contribution in [1.29, 1.82) is 0 Å². The third kappa shape index (κ3) is 3.85. The van der Waals surface area contributed by atoms with Crippen LogP contribution in [0.4, 0.5) is 0 Å². The molecule has 1 heterocycles. The molecule has 1 fully saturated rings. The Morgan fingerprint density at radius 3 is 2.70 bits per heavy atom. The van der Waals surface area contributed by atoms with Gasteiger partial charge in [0.05, 0.1) is 5.60 Å². The highest BCUT2D eigenvalue weighted by molar-refractivity contribution is 9.10. The first-order chi connectivity index (χ1) is 9.72. The normalized spacial score (nSPS) is 19.4. The first kappa shape index (κ1) is 16.5. The molecule has 2 rings (SSSR count). The van der Waals surface area contributed by atoms with Crippen LogP contribution < -0.4 is 5.32 Å². The van der Waals surface area contributed by atoms with Gasteiger partial charge < -0.3 is 10.1 Å². The Hall–Kier alpha value is 0.1000. The molecule has 1 aromatic heterocycles. The van der Waals surface area contributed by atoms with E-state index in [-0.39, 0.29) is 5.60 Å². The smallest absolute Gasteiger partial charge is 0.0838 e. The number of halogens is 1. The highest BCUT2D eigenvalue weighted by Crippen LogP contribution is 2.38. The predicted octanol–water partition coefficient (Wildman–Crippen LogP) is 4.77. The third-order valence-electron chi connectivity index (χ3n) is 4.24. The van der Waals surface area contributed by atoms with Crippen molar-refractivity contribution in [2.45, 2.75) is 64.0 Å². The molecule has 4 heteroatoms. The van der Waals surface area contributed by atoms with Crippen LogP contribution in [-0.4, -0.2) is 24.8 Å². The van der Waals surface area contributed by atoms with Gasteiger partial charge in [0.25, 0.3) is 0 Å². The first-order valence-corrected chi connectivity index (χ1v) is 9.48. The van der Waals surface area contributed by atoms with E-state index in [9.17, 15) is 0 Å². The van der Waals surface area contributed by atoms with Gasteiger partial charge in [0.1, 0.15) is 0 Å². The minimum atomic E-state index is 0.0490. The van der Waals surface area contributed by atoms with E-state index >= 15 is 0 Å². The number of rotatable bonds is 8. The van der Waals surface area contributed by atoms with E-state index in [1.807, 2.05) is 11.3 Å². The van der Waals surface area contributed by atoms with Gasteiger partial charge in [-0.05, 0) is 60.1 Å². The zero-order chi connectivity index (χ0) is 14.4. The number of hydrogen-bond acceptors (Lipinski definition) is 3. The molecule has 0 radical (unpaired) electrons. The molecule has 1 aliphatic carbocycles. The largest absolute Gasteiger partial charge is 0.374 e. The Labute approximate surface area is 135 Å². The minimum absolute atomic E-state index is 0.0490. The van der Waals surface area contributed by atoms with Crippen LogP contribution in [0.1, 0.15) is 50.8 Å². The lowest BCUT2D eigenvalue weighted by Gasteiger charge is -2.38. The molecule has 1 N–H and O–H groups in total. The molecule has 0 bridgehead atoms. The second kappa shape index (κ2) is 7.92. The Morgan fingerprint density at radius 2 is 2.15 bits per heavy atom. The second-order valence-electron chi connectivity index (χ2n) is 5.61. The average molecular weight is 360 g/mol. The van der Waals surface area contributed by atoms with Crippen molar-refractivity contribution >= 4 is 27.3 Å². The van der Waals surface area contributed by atoms with E-state index in [0.717, 1.165) is 19.6 Å². The van der Waals surface area contributed by atoms with Gasteiger partial charge in [-0.3, -0.25) is 0 Å². The maximum absolute atomic E-state index is 6.27. The fourth-order valence-corrected chi connectivity index (χ4v) is 4.83. The molecule has 1 aromatic rings. The lowest BCUT2D eigenvalue weighted by atomic mass is 9.89. The van der Waals surface area contributed by atoms with Crippen molar-refractivity contribution in [3.63, 3.8) is 0 Å². The molecule has 20 heavy (non-hydrogen) atoms. The van der Waals surface area contributed by atoms with Gasteiger partial charge >= 0.3 is 0 Å². The van der Waals surface area contributed by atoms with Crippen molar-refractivity contribution in [2.75, 3.05) is 13.2 Å². The van der Waals surface area contributed by atoms with Crippen molar-refractivity contribution < 1.29 is 4.74 Å². The molecule has 114 valence electrons. The fourth-order valence-electron chi connectivity index (χ4n) is 3.27. The van der Waals surface area contributed by atoms with Crippen molar-refractivity contribution in [3.8, 4) is 0 Å². The number of nitrogens with one attached hydrogen (secondary N) is 1. The van der Waals surface area contributed by atoms with Crippen LogP contribution >= 0.6 is 27.3 Å². The Morgan fingerprint density at radius 1 is 1.40 bits per heavy atom. The van der Waals surface area contributed by atoms with Crippen LogP contribution in [-0.2, 0) is 11.2 Å². The summed E-state index contributed by atoms with van der Waals surface area (Å²) in [6.07, 6.45) is 7.24. The van der Waals surface area contributed by atoms with Gasteiger partial charge in [-0.15, -0.1) is 11.3 Å². The summed E-state index contributed by atoms with van der Waals surface area (Å²) < 4.78 is 7.51. The van der Waals surface area contributed by atoms with E-state index in [4.69, 9.17) is 4.74 Å². The maximum atomic E-state index is 6.27. The summed E-state index contributed by atoms with van der Waals surface area (Å²) in [5, 5.41) is 5.93. The van der Waals surface area contributed by atoms with Crippen molar-refractivity contribution in [3.05, 3.63) is 20.8 Å². The molecule has 0 saturated heterocycles. The van der Waals surface area contributed by atoms with Crippen LogP contribution in [0.3, 0.4) is 0 Å². The molecule has 1 saturated carbocycles. The van der Waals surface area contributed by atoms with Crippen LogP contribution in [0, 0.1) is 0 Å². The molecule has 1 aliphatic rings. The summed E-state index contributed by atoms with van der Waals surface area (Å²) in [5.41, 5.74) is 0.0490. The highest BCUT2D eigenvalue weighted by Gasteiger charge is 2.42. The third-order valence-corrected chi connectivity index (χ3v) is 6.19. The Balaban J connectivity index is 2.14. The predicted molar refractivity (Wildman–Crippen MR) is 90.6 cm³/mol. The molecular weight excluding hydrogens is 334 g/mol. The Bertz CT molecular complexity index is 401. The molecule has 1 atom stereocenters. The number of hydrogen-bond donors (Lipinski definition) is 1. The highest BCUT2D eigenvalue weighted by atomic mass is 79.9. The lowest BCUT2D eigenvalue weighted by molar-refractivity contribution is -0.0610. The van der Waals surface area contributed by atoms with Crippen LogP contribution in [0.15, 0.2) is 15.9 Å². The second-order valence-corrected chi connectivity index (χ2v) is 7.46. The zero-order valence-electron chi connectivity index (χ0n) is 12.6. The summed E-state index contributed by atoms with van der Waals surface area (Å²) in [4.78, 5) is 1.43. The summed E-state index contributed by atoms with van der Waals surface area (Å²) in [5.74, 6) is 0. The van der Waals surface area contributed by atoms with E-state index in [1.54, 1.807) is 0 Å². The van der Waals surface area contributed by atoms with E-state index < -0.39 is 0 Å². The molecule has 1 unspecified atom stereocenters. The maximum Gasteiger partial charge on any atom is 0.0838 e. The van der Waals surface area contributed by atoms with Crippen LogP contribution in [0.25, 0.3) is 0 Å². The summed E-state index contributed by atoms with van der Waals surface area (Å²) in [6, 6.07) is 2.58. The van der Waals surface area contributed by atoms with Crippen molar-refractivity contribution in [1.82, 2.24) is 5.32 Å². The minimum Gasteiger partial charge on any atom is -0.374 e. The monoisotopic (exact) mass is 359 g/mol. The van der Waals surface area contributed by atoms with Crippen LogP contribution in [0.5, 0.6) is 0 Å². The Kier molecular flexibility index (Phi) is 6.53. The topological polar surface area (TPSA) is 21.3 Å². The molecular formula is C16H26BrNOS. The van der Waals surface area contributed by atoms with Gasteiger partial charge in [-0.1, -0.05) is 19.8 Å². The number of ether oxygens (including phenoxy) is 1. The van der Waals surface area contributed by atoms with Gasteiger partial charge in [-0.25, -0.2) is 0 Å². The SMILES string of the molecule is CCCNC(Cc1sccc1Br)C1(OCC)CCCC1. The molecule has 0 amide bonds. The van der Waals surface area contributed by atoms with Gasteiger partial charge in [0.15, 0.2) is 0 Å². The summed E-state index contributed by atoms with van der Waals surface area (Å²) in [6.45, 7) is 6.24. The van der Waals surface area contributed by atoms with Crippen molar-refractivity contribution in [2.24, 2.45) is 0 Å². The standard InChI is InChI=1S/C16H26BrNOS/c1-3-10-18-15(12-14-13(17)7-11-20-14)16(19-4-2)8-5-6-9-16/h7,11,15,18H,3-6,8-10,12H2,1-2H3. The zero-order valence-corrected chi connectivity index (χ0v) is 15.0.